The van der Waals surface area contributed by atoms with Gasteiger partial charge in [0.05, 0.1) is 31.8 Å². The van der Waals surface area contributed by atoms with Gasteiger partial charge < -0.3 is 49.4 Å². The number of nitrogens with one attached hydrogen (secondary N) is 3. The molecule has 2 aliphatic heterocycles. The van der Waals surface area contributed by atoms with E-state index in [9.17, 15) is 38.2 Å². The van der Waals surface area contributed by atoms with Gasteiger partial charge in [-0.05, 0) is 79.5 Å². The first kappa shape index (κ1) is 54.7. The molecular formula is C52H56N8O15P3+. The highest BCUT2D eigenvalue weighted by Crippen LogP contribution is 2.66. The number of nitrogens with zero attached hydrogens (tertiary/aromatic N) is 5. The van der Waals surface area contributed by atoms with Crippen molar-refractivity contribution in [3.8, 4) is 22.5 Å². The first-order valence-corrected chi connectivity index (χ1v) is 29.4. The standard InChI is InChI=1S/C52H55N8O15P3/c1-58(35-12-5-3-6-13-35)37-21-23-40-43(26-37)72-44-27-38(59(2)36-14-7-4-8-15-36)22-24-41(44)47(40)39-16-10-9-11-34(39)25-32-17-19-33(20-18-32)51(62)54-30-53-49-48-50(57-52(63)56-49)60(31-55-48)46-28-42(61)45(73-46)29-71-77(67,68)75-78(69,70)74-76(64,65)66/h3-16,21-24,26-27,31-33,42,45-46,61H,17-20,25,28-30H2,1-2H3,(H6-,53,54,56,57,62,63,64,65,66,67,68,69,70)/p+1/t32?,33?,42-,45-,46-/m1/s1. The third-order valence-corrected chi connectivity index (χ3v) is 17.9. The molecule has 6 aromatic rings. The van der Waals surface area contributed by atoms with E-state index in [2.05, 4.69) is 133 Å². The van der Waals surface area contributed by atoms with E-state index in [4.69, 9.17) is 18.9 Å². The zero-order chi connectivity index (χ0) is 54.9. The fourth-order valence-electron chi connectivity index (χ4n) is 10.2. The van der Waals surface area contributed by atoms with Gasteiger partial charge in [0, 0.05) is 71.5 Å². The molecule has 0 bridgehead atoms. The van der Waals surface area contributed by atoms with Gasteiger partial charge in [0.25, 0.3) is 0 Å². The molecule has 0 spiro atoms. The van der Waals surface area contributed by atoms with Crippen molar-refractivity contribution >= 4 is 74.4 Å². The lowest BCUT2D eigenvalue weighted by Gasteiger charge is -2.29. The quantitative estimate of drug-likeness (QED) is 0.0177. The number of carbonyl (C=O) groups is 1. The normalized spacial score (nSPS) is 20.8. The van der Waals surface area contributed by atoms with Crippen molar-refractivity contribution in [3.63, 3.8) is 0 Å². The predicted molar refractivity (Wildman–Crippen MR) is 288 cm³/mol. The van der Waals surface area contributed by atoms with Crippen LogP contribution in [0.5, 0.6) is 0 Å². The third kappa shape index (κ3) is 12.4. The molecule has 5 atom stereocenters. The summed E-state index contributed by atoms with van der Waals surface area (Å²) >= 11 is 0. The van der Waals surface area contributed by atoms with Gasteiger partial charge in [0.2, 0.25) is 17.0 Å². The maximum absolute atomic E-state index is 13.6. The van der Waals surface area contributed by atoms with Crippen LogP contribution in [0.4, 0.5) is 22.9 Å². The lowest BCUT2D eigenvalue weighted by molar-refractivity contribution is -0.126. The summed E-state index contributed by atoms with van der Waals surface area (Å²) in [6.07, 6.45) is 1.26. The number of imidazole rings is 1. The molecule has 23 nitrogen and oxygen atoms in total. The van der Waals surface area contributed by atoms with E-state index in [1.165, 1.54) is 16.5 Å². The number of hydrogen-bond acceptors (Lipinski definition) is 15. The predicted octanol–water partition coefficient (Wildman–Crippen LogP) is 7.67. The summed E-state index contributed by atoms with van der Waals surface area (Å²) in [5.41, 5.74) is 7.73. The third-order valence-electron chi connectivity index (χ3n) is 14.1. The van der Waals surface area contributed by atoms with Gasteiger partial charge >= 0.3 is 29.2 Å². The zero-order valence-corrected chi connectivity index (χ0v) is 44.7. The molecule has 408 valence electrons. The maximum Gasteiger partial charge on any atom is 0.490 e. The number of ether oxygens (including phenoxy) is 1. The van der Waals surface area contributed by atoms with Gasteiger partial charge in [-0.1, -0.05) is 60.7 Å². The van der Waals surface area contributed by atoms with Crippen molar-refractivity contribution in [1.29, 1.82) is 0 Å². The first-order chi connectivity index (χ1) is 37.3. The highest BCUT2D eigenvalue weighted by atomic mass is 31.3. The van der Waals surface area contributed by atoms with Crippen molar-refractivity contribution in [2.45, 2.75) is 57.0 Å². The Labute approximate surface area is 445 Å². The van der Waals surface area contributed by atoms with E-state index >= 15 is 0 Å². The van der Waals surface area contributed by atoms with Crippen LogP contribution in [0.15, 0.2) is 137 Å². The number of anilines is 3. The summed E-state index contributed by atoms with van der Waals surface area (Å²) in [5, 5.41) is 18.6. The number of hydrogen-bond donors (Lipinski definition) is 8. The smallest absolute Gasteiger partial charge is 0.456 e. The second-order valence-corrected chi connectivity index (χ2v) is 23.6. The highest BCUT2D eigenvalue weighted by molar-refractivity contribution is 7.66. The van der Waals surface area contributed by atoms with Crippen molar-refractivity contribution in [3.05, 3.63) is 149 Å². The molecule has 1 amide bonds. The summed E-state index contributed by atoms with van der Waals surface area (Å²) in [6, 6.07) is 41.7. The van der Waals surface area contributed by atoms with Crippen LogP contribution in [0.2, 0.25) is 0 Å². The van der Waals surface area contributed by atoms with Crippen molar-refractivity contribution in [2.75, 3.05) is 37.6 Å². The minimum Gasteiger partial charge on any atom is -0.456 e. The van der Waals surface area contributed by atoms with Gasteiger partial charge in [-0.3, -0.25) is 18.9 Å². The van der Waals surface area contributed by atoms with E-state index in [1.54, 1.807) is 0 Å². The van der Waals surface area contributed by atoms with Crippen LogP contribution in [0.25, 0.3) is 44.6 Å². The number of amides is 1. The SMILES string of the molecule is CN(c1ccccc1)c1ccc2c(-c3ccccc3CC3CCC(C(=O)NCNc4[nH]c(=O)nc5c4ncn5[C@H]4C[C@@H](O)[C@@H](COP(=O)(O)OP(=O)(O)OP(=O)(O)O)O4)CC3)c3ccc(=[N+](C)c4ccccc4)cc-3oc2c1. The van der Waals surface area contributed by atoms with Gasteiger partial charge in [-0.2, -0.15) is 18.2 Å². The summed E-state index contributed by atoms with van der Waals surface area (Å²) in [6.45, 7) is -0.954. The average molecular weight is 1130 g/mol. The number of aromatic nitrogens is 4. The molecule has 1 saturated carbocycles. The molecule has 4 heterocycles. The van der Waals surface area contributed by atoms with Crippen molar-refractivity contribution in [2.24, 2.45) is 11.8 Å². The molecule has 1 saturated heterocycles. The number of fused-ring (bicyclic) bond motifs is 3. The Bertz CT molecular complexity index is 3750. The molecule has 10 rings (SSSR count). The van der Waals surface area contributed by atoms with Crippen LogP contribution in [0.1, 0.15) is 43.9 Å². The van der Waals surface area contributed by atoms with Gasteiger partial charge in [-0.25, -0.2) is 23.5 Å². The molecule has 0 radical (unpaired) electrons. The zero-order valence-electron chi connectivity index (χ0n) is 42.1. The molecule has 26 heteroatoms. The molecule has 4 aliphatic rings. The molecule has 2 aliphatic carbocycles. The van der Waals surface area contributed by atoms with E-state index < -0.39 is 54.2 Å². The number of rotatable bonds is 18. The molecule has 4 aromatic carbocycles. The Morgan fingerprint density at radius 3 is 2.32 bits per heavy atom. The summed E-state index contributed by atoms with van der Waals surface area (Å²) < 4.78 is 63.1. The second kappa shape index (κ2) is 22.6. The molecule has 2 unspecified atom stereocenters. The number of aliphatic hydroxyl groups is 1. The fourth-order valence-corrected chi connectivity index (χ4v) is 13.2. The second-order valence-electron chi connectivity index (χ2n) is 19.2. The van der Waals surface area contributed by atoms with Crippen LogP contribution in [-0.4, -0.2) is 89.7 Å². The van der Waals surface area contributed by atoms with Crippen LogP contribution in [-0.2, 0) is 42.8 Å². The molecular weight excluding hydrogens is 1070 g/mol. The van der Waals surface area contributed by atoms with Crippen molar-refractivity contribution < 1.29 is 65.5 Å². The lowest BCUT2D eigenvalue weighted by Crippen LogP contribution is -2.36. The van der Waals surface area contributed by atoms with Gasteiger partial charge in [-0.15, -0.1) is 0 Å². The van der Waals surface area contributed by atoms with E-state index in [-0.39, 0.29) is 41.9 Å². The number of para-hydroxylation sites is 2. The Hall–Kier alpha value is -6.68. The number of aromatic amines is 1. The number of phosphoric acid groups is 3. The van der Waals surface area contributed by atoms with Gasteiger partial charge in [0.1, 0.15) is 42.1 Å². The van der Waals surface area contributed by atoms with E-state index in [0.717, 1.165) is 75.1 Å². The Morgan fingerprint density at radius 1 is 0.859 bits per heavy atom. The fraction of sp³-hybridized carbons (Fsp3) is 0.288. The monoisotopic (exact) mass is 1130 g/mol. The molecule has 8 N–H and O–H groups in total. The number of phosphoric ester groups is 1. The highest BCUT2D eigenvalue weighted by Gasteiger charge is 2.43. The Balaban J connectivity index is 0.795. The molecule has 2 aromatic heterocycles. The minimum absolute atomic E-state index is 0.0310. The van der Waals surface area contributed by atoms with Crippen molar-refractivity contribution in [1.82, 2.24) is 29.4 Å². The lowest BCUT2D eigenvalue weighted by atomic mass is 9.77. The average Bonchev–Trinajstić information content (AvgIpc) is 4.16. The number of H-pyrrole nitrogens is 1. The Morgan fingerprint density at radius 2 is 1.58 bits per heavy atom. The largest absolute Gasteiger partial charge is 0.490 e. The summed E-state index contributed by atoms with van der Waals surface area (Å²) in [7, 11) is -12.8. The number of aliphatic hydroxyl groups excluding tert-OH is 1. The summed E-state index contributed by atoms with van der Waals surface area (Å²) in [4.78, 5) is 76.3. The van der Waals surface area contributed by atoms with E-state index in [0.29, 0.717) is 18.8 Å². The minimum atomic E-state index is -5.76. The number of carbonyl (C=O) groups excluding carboxylic acids is 1. The molecule has 78 heavy (non-hydrogen) atoms. The summed E-state index contributed by atoms with van der Waals surface area (Å²) in [5.74, 6) is 0.847. The topological polar surface area (TPSA) is 313 Å². The van der Waals surface area contributed by atoms with Crippen LogP contribution >= 0.6 is 23.5 Å². The van der Waals surface area contributed by atoms with E-state index in [1.807, 2.05) is 50.5 Å². The number of benzene rings is 5. The molecule has 2 fully saturated rings. The maximum atomic E-state index is 13.6. The van der Waals surface area contributed by atoms with Gasteiger partial charge in [0.15, 0.2) is 5.65 Å². The first-order valence-electron chi connectivity index (χ1n) is 24.9. The van der Waals surface area contributed by atoms with Crippen LogP contribution < -0.4 is 31.2 Å². The Kier molecular flexibility index (Phi) is 15.8. The van der Waals surface area contributed by atoms with Crippen LogP contribution in [0, 0.1) is 11.8 Å². The van der Waals surface area contributed by atoms with Crippen LogP contribution in [0.3, 0.4) is 0 Å².